The molecule has 0 radical (unpaired) electrons. The minimum atomic E-state index is -0.219. The third-order valence-electron chi connectivity index (χ3n) is 2.54. The lowest BCUT2D eigenvalue weighted by Crippen LogP contribution is -2.44. The molecule has 1 saturated carbocycles. The zero-order chi connectivity index (χ0) is 9.03. The molecular weight excluding hydrogens is 152 g/mol. The number of nitrogens with zero attached hydrogens (tertiary/aromatic N) is 1. The Bertz CT molecular complexity index is 171. The molecule has 1 rings (SSSR count). The van der Waals surface area contributed by atoms with E-state index in [2.05, 4.69) is 4.99 Å². The molecule has 0 aromatic rings. The summed E-state index contributed by atoms with van der Waals surface area (Å²) >= 11 is 0. The van der Waals surface area contributed by atoms with Crippen LogP contribution in [0.2, 0.25) is 0 Å². The van der Waals surface area contributed by atoms with Gasteiger partial charge in [0.2, 0.25) is 0 Å². The summed E-state index contributed by atoms with van der Waals surface area (Å²) in [4.78, 5) is 4.03. The molecular formula is C9H18N2O. The number of nitrogens with two attached hydrogens (primary N) is 1. The van der Waals surface area contributed by atoms with Gasteiger partial charge in [0.05, 0.1) is 0 Å². The minimum absolute atomic E-state index is 0.219. The van der Waals surface area contributed by atoms with E-state index >= 15 is 0 Å². The maximum Gasteiger partial charge on any atom is 0.126 e. The Morgan fingerprint density at radius 3 is 2.50 bits per heavy atom. The van der Waals surface area contributed by atoms with E-state index in [0.717, 1.165) is 19.4 Å². The number of aliphatic imine (C=N–C) groups is 1. The van der Waals surface area contributed by atoms with E-state index in [1.807, 2.05) is 6.92 Å². The molecule has 0 unspecified atom stereocenters. The maximum atomic E-state index is 5.82. The third kappa shape index (κ3) is 1.61. The van der Waals surface area contributed by atoms with Crippen LogP contribution in [0.1, 0.15) is 32.6 Å². The van der Waals surface area contributed by atoms with Gasteiger partial charge < -0.3 is 10.5 Å². The van der Waals surface area contributed by atoms with Crippen molar-refractivity contribution in [3.8, 4) is 0 Å². The average Bonchev–Trinajstić information content (AvgIpc) is 2.53. The third-order valence-corrected chi connectivity index (χ3v) is 2.54. The van der Waals surface area contributed by atoms with Crippen LogP contribution in [0.5, 0.6) is 0 Å². The fourth-order valence-corrected chi connectivity index (χ4v) is 1.90. The lowest BCUT2D eigenvalue weighted by molar-refractivity contribution is 0.0198. The highest BCUT2D eigenvalue weighted by Crippen LogP contribution is 2.33. The lowest BCUT2D eigenvalue weighted by Gasteiger charge is -2.27. The highest BCUT2D eigenvalue weighted by Gasteiger charge is 2.37. The standard InChI is InChI=1S/C9H18N2O/c1-3-12-9(8(10)11-2)6-4-5-7-9/h3-7H2,1-2H3,(H2,10,11). The van der Waals surface area contributed by atoms with Crippen LogP contribution in [0.15, 0.2) is 4.99 Å². The van der Waals surface area contributed by atoms with Gasteiger partial charge in [-0.3, -0.25) is 4.99 Å². The molecule has 0 saturated heterocycles. The molecule has 0 aromatic heterocycles. The smallest absolute Gasteiger partial charge is 0.126 e. The molecule has 0 atom stereocenters. The second-order valence-corrected chi connectivity index (χ2v) is 3.24. The Balaban J connectivity index is 2.71. The molecule has 1 aliphatic rings. The first-order chi connectivity index (χ1) is 5.75. The highest BCUT2D eigenvalue weighted by molar-refractivity contribution is 5.89. The zero-order valence-electron chi connectivity index (χ0n) is 7.97. The van der Waals surface area contributed by atoms with Crippen molar-refractivity contribution in [2.45, 2.75) is 38.2 Å². The number of hydrogen-bond donors (Lipinski definition) is 1. The summed E-state index contributed by atoms with van der Waals surface area (Å²) in [6.45, 7) is 2.72. The molecule has 12 heavy (non-hydrogen) atoms. The molecule has 0 bridgehead atoms. The predicted octanol–water partition coefficient (Wildman–Crippen LogP) is 1.32. The second-order valence-electron chi connectivity index (χ2n) is 3.24. The number of rotatable bonds is 3. The van der Waals surface area contributed by atoms with Crippen molar-refractivity contribution >= 4 is 5.84 Å². The van der Waals surface area contributed by atoms with Crippen molar-refractivity contribution in [2.75, 3.05) is 13.7 Å². The molecule has 0 aliphatic heterocycles. The van der Waals surface area contributed by atoms with Crippen molar-refractivity contribution in [3.63, 3.8) is 0 Å². The topological polar surface area (TPSA) is 47.6 Å². The Morgan fingerprint density at radius 2 is 2.08 bits per heavy atom. The van der Waals surface area contributed by atoms with Crippen LogP contribution in [0, 0.1) is 0 Å². The van der Waals surface area contributed by atoms with Crippen LogP contribution in [0.4, 0.5) is 0 Å². The maximum absolute atomic E-state index is 5.82. The van der Waals surface area contributed by atoms with E-state index < -0.39 is 0 Å². The molecule has 70 valence electrons. The Labute approximate surface area is 74.0 Å². The van der Waals surface area contributed by atoms with E-state index in [1.165, 1.54) is 12.8 Å². The highest BCUT2D eigenvalue weighted by atomic mass is 16.5. The Morgan fingerprint density at radius 1 is 1.50 bits per heavy atom. The molecule has 2 N–H and O–H groups in total. The van der Waals surface area contributed by atoms with Crippen LogP contribution in [0.25, 0.3) is 0 Å². The van der Waals surface area contributed by atoms with Crippen LogP contribution in [-0.2, 0) is 4.74 Å². The first kappa shape index (κ1) is 9.52. The monoisotopic (exact) mass is 170 g/mol. The van der Waals surface area contributed by atoms with Crippen molar-refractivity contribution in [3.05, 3.63) is 0 Å². The first-order valence-corrected chi connectivity index (χ1v) is 4.62. The number of amidine groups is 1. The molecule has 0 heterocycles. The molecule has 0 aromatic carbocycles. The second kappa shape index (κ2) is 3.90. The van der Waals surface area contributed by atoms with E-state index in [-0.39, 0.29) is 5.60 Å². The Kier molecular flexibility index (Phi) is 3.09. The largest absolute Gasteiger partial charge is 0.385 e. The summed E-state index contributed by atoms with van der Waals surface area (Å²) in [6, 6.07) is 0. The van der Waals surface area contributed by atoms with Gasteiger partial charge in [0.1, 0.15) is 11.4 Å². The van der Waals surface area contributed by atoms with Gasteiger partial charge >= 0.3 is 0 Å². The first-order valence-electron chi connectivity index (χ1n) is 4.62. The summed E-state index contributed by atoms with van der Waals surface area (Å²) in [5, 5.41) is 0. The zero-order valence-corrected chi connectivity index (χ0v) is 7.97. The number of ether oxygens (including phenoxy) is 1. The van der Waals surface area contributed by atoms with Gasteiger partial charge in [0.15, 0.2) is 0 Å². The van der Waals surface area contributed by atoms with Crippen LogP contribution >= 0.6 is 0 Å². The quantitative estimate of drug-likeness (QED) is 0.513. The normalized spacial score (nSPS) is 23.0. The SMILES string of the molecule is CCOC1(C(N)=NC)CCCC1. The van der Waals surface area contributed by atoms with Crippen LogP contribution in [-0.4, -0.2) is 25.1 Å². The molecule has 3 heteroatoms. The molecule has 0 amide bonds. The van der Waals surface area contributed by atoms with E-state index in [9.17, 15) is 0 Å². The van der Waals surface area contributed by atoms with E-state index in [0.29, 0.717) is 5.84 Å². The van der Waals surface area contributed by atoms with E-state index in [1.54, 1.807) is 7.05 Å². The van der Waals surface area contributed by atoms with Gasteiger partial charge in [-0.1, -0.05) is 0 Å². The summed E-state index contributed by atoms with van der Waals surface area (Å²) in [5.74, 6) is 0.668. The lowest BCUT2D eigenvalue weighted by atomic mass is 10.0. The predicted molar refractivity (Wildman–Crippen MR) is 50.4 cm³/mol. The Hall–Kier alpha value is -0.570. The van der Waals surface area contributed by atoms with Crippen molar-refractivity contribution < 1.29 is 4.74 Å². The van der Waals surface area contributed by atoms with Crippen LogP contribution in [0.3, 0.4) is 0 Å². The average molecular weight is 170 g/mol. The minimum Gasteiger partial charge on any atom is -0.385 e. The van der Waals surface area contributed by atoms with Gasteiger partial charge in [-0.15, -0.1) is 0 Å². The molecule has 1 aliphatic carbocycles. The van der Waals surface area contributed by atoms with Crippen molar-refractivity contribution in [1.82, 2.24) is 0 Å². The van der Waals surface area contributed by atoms with Gasteiger partial charge in [0, 0.05) is 13.7 Å². The fourth-order valence-electron chi connectivity index (χ4n) is 1.90. The number of hydrogen-bond acceptors (Lipinski definition) is 2. The summed E-state index contributed by atoms with van der Waals surface area (Å²) in [7, 11) is 1.73. The molecule has 1 fully saturated rings. The van der Waals surface area contributed by atoms with Gasteiger partial charge in [-0.2, -0.15) is 0 Å². The summed E-state index contributed by atoms with van der Waals surface area (Å²) in [5.41, 5.74) is 5.61. The van der Waals surface area contributed by atoms with Crippen LogP contribution < -0.4 is 5.73 Å². The van der Waals surface area contributed by atoms with Crippen molar-refractivity contribution in [2.24, 2.45) is 10.7 Å². The summed E-state index contributed by atoms with van der Waals surface area (Å²) in [6.07, 6.45) is 4.47. The van der Waals surface area contributed by atoms with Gasteiger partial charge in [-0.05, 0) is 32.6 Å². The van der Waals surface area contributed by atoms with Gasteiger partial charge in [0.25, 0.3) is 0 Å². The molecule has 0 spiro atoms. The summed E-state index contributed by atoms with van der Waals surface area (Å²) < 4.78 is 5.69. The molecule has 3 nitrogen and oxygen atoms in total. The fraction of sp³-hybridized carbons (Fsp3) is 0.889. The van der Waals surface area contributed by atoms with E-state index in [4.69, 9.17) is 10.5 Å². The van der Waals surface area contributed by atoms with Crippen molar-refractivity contribution in [1.29, 1.82) is 0 Å². The van der Waals surface area contributed by atoms with Gasteiger partial charge in [-0.25, -0.2) is 0 Å².